The second-order valence-electron chi connectivity index (χ2n) is 10.1. The van der Waals surface area contributed by atoms with Gasteiger partial charge in [-0.3, -0.25) is 0 Å². The van der Waals surface area contributed by atoms with Crippen LogP contribution in [0.15, 0.2) is 120 Å². The zero-order valence-electron chi connectivity index (χ0n) is 23.2. The topological polar surface area (TPSA) is 60.7 Å². The highest BCUT2D eigenvalue weighted by Gasteiger charge is 2.48. The molecule has 1 saturated heterocycles. The first-order chi connectivity index (χ1) is 20.2. The lowest BCUT2D eigenvalue weighted by Crippen LogP contribution is -2.59. The van der Waals surface area contributed by atoms with Gasteiger partial charge in [-0.1, -0.05) is 109 Å². The van der Waals surface area contributed by atoms with Gasteiger partial charge in [0.15, 0.2) is 6.10 Å². The third-order valence-electron chi connectivity index (χ3n) is 7.02. The van der Waals surface area contributed by atoms with Gasteiger partial charge < -0.3 is 18.9 Å². The first-order valence-electron chi connectivity index (χ1n) is 13.9. The molecule has 0 saturated carbocycles. The van der Waals surface area contributed by atoms with Crippen LogP contribution in [-0.4, -0.2) is 36.3 Å². The van der Waals surface area contributed by atoms with E-state index < -0.39 is 24.4 Å². The van der Waals surface area contributed by atoms with E-state index in [1.165, 1.54) is 5.56 Å². The van der Waals surface area contributed by atoms with Crippen molar-refractivity contribution >= 4 is 11.8 Å². The molecule has 0 aromatic heterocycles. The Kier molecular flexibility index (Phi) is 10.6. The predicted molar refractivity (Wildman–Crippen MR) is 161 cm³/mol. The summed E-state index contributed by atoms with van der Waals surface area (Å²) in [6, 6.07) is 40.9. The van der Waals surface area contributed by atoms with Crippen LogP contribution in [0.25, 0.3) is 0 Å². The monoisotopic (exact) mass is 565 g/mol. The third-order valence-corrected chi connectivity index (χ3v) is 8.35. The summed E-state index contributed by atoms with van der Waals surface area (Å²) in [7, 11) is 0. The van der Waals surface area contributed by atoms with Gasteiger partial charge in [-0.05, 0) is 35.7 Å². The Hall–Kier alpha value is -3.44. The van der Waals surface area contributed by atoms with Gasteiger partial charge in [-0.15, -0.1) is 11.8 Å². The lowest BCUT2D eigenvalue weighted by atomic mass is 9.97. The lowest BCUT2D eigenvalue weighted by Gasteiger charge is -2.44. The molecule has 0 N–H and O–H groups in total. The molecule has 0 aliphatic carbocycles. The molecule has 1 aliphatic rings. The lowest BCUT2D eigenvalue weighted by molar-refractivity contribution is -0.207. The number of nitriles is 1. The van der Waals surface area contributed by atoms with Crippen molar-refractivity contribution in [3.63, 3.8) is 0 Å². The van der Waals surface area contributed by atoms with Crippen molar-refractivity contribution in [2.45, 2.75) is 61.3 Å². The Balaban J connectivity index is 1.42. The zero-order chi connectivity index (χ0) is 28.3. The molecule has 6 heteroatoms. The van der Waals surface area contributed by atoms with Crippen molar-refractivity contribution in [1.29, 1.82) is 5.26 Å². The number of hydrogen-bond acceptors (Lipinski definition) is 6. The molecule has 0 amide bonds. The van der Waals surface area contributed by atoms with Crippen molar-refractivity contribution in [3.8, 4) is 6.07 Å². The first kappa shape index (κ1) is 29.1. The molecular formula is C35H35NO4S. The minimum absolute atomic E-state index is 0.277. The van der Waals surface area contributed by atoms with Crippen LogP contribution in [0.3, 0.4) is 0 Å². The van der Waals surface area contributed by atoms with E-state index in [9.17, 15) is 5.26 Å². The molecule has 0 radical (unpaired) electrons. The van der Waals surface area contributed by atoms with Crippen LogP contribution < -0.4 is 0 Å². The van der Waals surface area contributed by atoms with Crippen LogP contribution in [0.4, 0.5) is 0 Å². The quantitative estimate of drug-likeness (QED) is 0.182. The molecule has 0 spiro atoms. The highest BCUT2D eigenvalue weighted by Crippen LogP contribution is 2.38. The average molecular weight is 566 g/mol. The smallest absolute Gasteiger partial charge is 0.159 e. The number of aryl methyl sites for hydroxylation is 1. The van der Waals surface area contributed by atoms with Gasteiger partial charge in [0.1, 0.15) is 18.3 Å². The van der Waals surface area contributed by atoms with Gasteiger partial charge in [-0.2, -0.15) is 5.26 Å². The van der Waals surface area contributed by atoms with Gasteiger partial charge in [0, 0.05) is 4.90 Å². The van der Waals surface area contributed by atoms with Gasteiger partial charge in [0.2, 0.25) is 0 Å². The van der Waals surface area contributed by atoms with Crippen LogP contribution in [0, 0.1) is 18.3 Å². The van der Waals surface area contributed by atoms with E-state index in [1.807, 2.05) is 91.0 Å². The standard InChI is InChI=1S/C35H35NO4S/c1-26-17-19-30(20-18-26)41-35-31(21-36)40-32(25-37-22-27-11-5-2-6-12-27)33(38-23-28-13-7-3-8-14-28)34(35)39-24-29-15-9-4-10-16-29/h2-20,31-35H,22-25H2,1H3/t31-,32+,33-,34-,35-/m0/s1. The third kappa shape index (κ3) is 8.29. The SMILES string of the molecule is Cc1ccc(S[C@@H]2[C@@H](OCc3ccccc3)[C@@H](OCc3ccccc3)[C@@H](COCc3ccccc3)O[C@H]2C#N)cc1. The van der Waals surface area contributed by atoms with Crippen LogP contribution in [0.5, 0.6) is 0 Å². The molecule has 1 fully saturated rings. The zero-order valence-corrected chi connectivity index (χ0v) is 24.0. The fourth-order valence-electron chi connectivity index (χ4n) is 4.85. The number of benzene rings is 4. The highest BCUT2D eigenvalue weighted by atomic mass is 32.2. The van der Waals surface area contributed by atoms with E-state index in [0.717, 1.165) is 21.6 Å². The fraction of sp³-hybridized carbons (Fsp3) is 0.286. The minimum Gasteiger partial charge on any atom is -0.374 e. The highest BCUT2D eigenvalue weighted by molar-refractivity contribution is 8.00. The Bertz CT molecular complexity index is 1360. The maximum atomic E-state index is 10.3. The van der Waals surface area contributed by atoms with E-state index in [1.54, 1.807) is 11.8 Å². The maximum Gasteiger partial charge on any atom is 0.159 e. The molecule has 1 aliphatic heterocycles. The summed E-state index contributed by atoms with van der Waals surface area (Å²) >= 11 is 1.60. The van der Waals surface area contributed by atoms with Crippen molar-refractivity contribution in [2.75, 3.05) is 6.61 Å². The van der Waals surface area contributed by atoms with Crippen LogP contribution in [-0.2, 0) is 38.8 Å². The molecule has 5 rings (SSSR count). The van der Waals surface area contributed by atoms with E-state index in [2.05, 4.69) is 37.3 Å². The van der Waals surface area contributed by atoms with Crippen LogP contribution in [0.2, 0.25) is 0 Å². The summed E-state index contributed by atoms with van der Waals surface area (Å²) in [6.45, 7) is 3.58. The Morgan fingerprint density at radius 3 is 1.73 bits per heavy atom. The summed E-state index contributed by atoms with van der Waals surface area (Å²) in [5.41, 5.74) is 4.38. The number of rotatable bonds is 12. The number of nitrogens with zero attached hydrogens (tertiary/aromatic N) is 1. The van der Waals surface area contributed by atoms with Gasteiger partial charge in [0.25, 0.3) is 0 Å². The second-order valence-corrected chi connectivity index (χ2v) is 11.4. The summed E-state index contributed by atoms with van der Waals surface area (Å²) < 4.78 is 25.9. The minimum atomic E-state index is -0.705. The second kappa shape index (κ2) is 15.0. The van der Waals surface area contributed by atoms with Crippen molar-refractivity contribution in [3.05, 3.63) is 138 Å². The summed E-state index contributed by atoms with van der Waals surface area (Å²) in [6.07, 6.45) is -2.07. The Morgan fingerprint density at radius 2 is 1.20 bits per heavy atom. The normalized spacial score (nSPS) is 22.2. The molecule has 4 aromatic rings. The first-order valence-corrected chi connectivity index (χ1v) is 14.8. The van der Waals surface area contributed by atoms with Gasteiger partial charge in [0.05, 0.1) is 37.7 Å². The summed E-state index contributed by atoms with van der Waals surface area (Å²) in [4.78, 5) is 1.05. The maximum absolute atomic E-state index is 10.3. The molecule has 4 aromatic carbocycles. The van der Waals surface area contributed by atoms with Crippen molar-refractivity contribution in [2.24, 2.45) is 0 Å². The van der Waals surface area contributed by atoms with Crippen LogP contribution in [0.1, 0.15) is 22.3 Å². The molecule has 5 atom stereocenters. The van der Waals surface area contributed by atoms with Gasteiger partial charge in [-0.25, -0.2) is 0 Å². The predicted octanol–water partition coefficient (Wildman–Crippen LogP) is 7.13. The van der Waals surface area contributed by atoms with Crippen molar-refractivity contribution < 1.29 is 18.9 Å². The number of hydrogen-bond donors (Lipinski definition) is 0. The Labute approximate surface area is 247 Å². The molecule has 210 valence electrons. The molecular weight excluding hydrogens is 530 g/mol. The number of ether oxygens (including phenoxy) is 4. The largest absolute Gasteiger partial charge is 0.374 e. The fourth-order valence-corrected chi connectivity index (χ4v) is 6.07. The summed E-state index contributed by atoms with van der Waals surface area (Å²) in [5.74, 6) is 0. The van der Waals surface area contributed by atoms with E-state index in [0.29, 0.717) is 19.8 Å². The summed E-state index contributed by atoms with van der Waals surface area (Å²) in [5, 5.41) is 9.97. The molecule has 0 unspecified atom stereocenters. The Morgan fingerprint density at radius 1 is 0.683 bits per heavy atom. The van der Waals surface area contributed by atoms with Crippen LogP contribution >= 0.6 is 11.8 Å². The number of thioether (sulfide) groups is 1. The molecule has 5 nitrogen and oxygen atoms in total. The van der Waals surface area contributed by atoms with E-state index >= 15 is 0 Å². The van der Waals surface area contributed by atoms with E-state index in [4.69, 9.17) is 18.9 Å². The molecule has 41 heavy (non-hydrogen) atoms. The molecule has 1 heterocycles. The van der Waals surface area contributed by atoms with Crippen molar-refractivity contribution in [1.82, 2.24) is 0 Å². The van der Waals surface area contributed by atoms with Gasteiger partial charge >= 0.3 is 0 Å². The van der Waals surface area contributed by atoms with E-state index in [-0.39, 0.29) is 11.9 Å². The average Bonchev–Trinajstić information content (AvgIpc) is 3.02. The molecule has 0 bridgehead atoms.